The molecule has 11 heavy (non-hydrogen) atoms. The Bertz CT molecular complexity index is 259. The number of carbonyl (C=O) groups is 1. The maximum atomic E-state index is 10.0. The van der Waals surface area contributed by atoms with Gasteiger partial charge in [0.1, 0.15) is 18.1 Å². The van der Waals surface area contributed by atoms with Crippen molar-refractivity contribution in [2.45, 2.75) is 13.8 Å². The zero-order chi connectivity index (χ0) is 8.69. The highest BCUT2D eigenvalue weighted by atomic mass is 16.1. The van der Waals surface area contributed by atoms with Gasteiger partial charge >= 0.3 is 0 Å². The fourth-order valence-electron chi connectivity index (χ4n) is 0.475. The van der Waals surface area contributed by atoms with Crippen molar-refractivity contribution in [2.75, 3.05) is 0 Å². The monoisotopic (exact) mass is 151 g/mol. The van der Waals surface area contributed by atoms with Gasteiger partial charge in [0, 0.05) is 0 Å². The number of hydrogen-bond donors (Lipinski definition) is 0. The quantitative estimate of drug-likeness (QED) is 0.558. The second-order valence-electron chi connectivity index (χ2n) is 1.40. The summed E-state index contributed by atoms with van der Waals surface area (Å²) in [6, 6.07) is 1.80. The maximum Gasteiger partial charge on any atom is 0.220 e. The largest absolute Gasteiger partial charge is 0.278 e. The summed E-state index contributed by atoms with van der Waals surface area (Å²) >= 11 is 0. The Hall–Kier alpha value is -1.63. The zero-order valence-corrected chi connectivity index (χ0v) is 6.48. The van der Waals surface area contributed by atoms with Crippen LogP contribution in [-0.4, -0.2) is 16.0 Å². The van der Waals surface area contributed by atoms with Crippen molar-refractivity contribution in [1.82, 2.24) is 9.55 Å². The molecule has 0 bridgehead atoms. The first-order chi connectivity index (χ1) is 5.38. The maximum absolute atomic E-state index is 10.0. The van der Waals surface area contributed by atoms with Gasteiger partial charge in [0.15, 0.2) is 0 Å². The van der Waals surface area contributed by atoms with Crippen LogP contribution in [-0.2, 0) is 4.79 Å². The Morgan fingerprint density at radius 3 is 2.73 bits per heavy atom. The fourth-order valence-corrected chi connectivity index (χ4v) is 0.475. The molecule has 0 unspecified atom stereocenters. The minimum absolute atomic E-state index is 0.255. The normalized spacial score (nSPS) is 7.36. The van der Waals surface area contributed by atoms with E-state index in [0.717, 1.165) is 4.57 Å². The molecular weight excluding hydrogens is 142 g/mol. The van der Waals surface area contributed by atoms with E-state index in [1.54, 1.807) is 6.07 Å². The van der Waals surface area contributed by atoms with Crippen LogP contribution in [0.15, 0.2) is 12.5 Å². The molecule has 1 aromatic heterocycles. The first-order valence-corrected chi connectivity index (χ1v) is 3.25. The Balaban J connectivity index is 0.000000461. The number of rotatable bonds is 1. The van der Waals surface area contributed by atoms with Gasteiger partial charge in [-0.2, -0.15) is 5.26 Å². The predicted octanol–water partition coefficient (Wildman–Crippen LogP) is 0.819. The topological polar surface area (TPSA) is 58.7 Å². The third-order valence-corrected chi connectivity index (χ3v) is 0.894. The van der Waals surface area contributed by atoms with E-state index < -0.39 is 0 Å². The van der Waals surface area contributed by atoms with Gasteiger partial charge in [-0.3, -0.25) is 9.36 Å². The molecule has 0 aliphatic carbocycles. The lowest BCUT2D eigenvalue weighted by molar-refractivity contribution is 0.547. The second kappa shape index (κ2) is 5.18. The molecule has 1 aromatic rings. The molecular formula is C7H9N3O. The number of nitrogens with zero attached hydrogens (tertiary/aromatic N) is 3. The standard InChI is InChI=1S/C5H3N3O.C2H6/c6-1-5-2-7-3-8(5)4-9;1-2/h2-4H;1-2H3. The van der Waals surface area contributed by atoms with Crippen molar-refractivity contribution in [3.8, 4) is 6.07 Å². The third kappa shape index (κ3) is 2.22. The summed E-state index contributed by atoms with van der Waals surface area (Å²) in [5.74, 6) is 0. The van der Waals surface area contributed by atoms with Crippen molar-refractivity contribution in [1.29, 1.82) is 5.26 Å². The molecule has 0 spiro atoms. The van der Waals surface area contributed by atoms with Crippen molar-refractivity contribution in [3.63, 3.8) is 0 Å². The molecule has 0 saturated heterocycles. The summed E-state index contributed by atoms with van der Waals surface area (Å²) in [7, 11) is 0. The molecule has 1 rings (SSSR count). The van der Waals surface area contributed by atoms with Gasteiger partial charge in [-0.25, -0.2) is 4.98 Å². The average molecular weight is 151 g/mol. The van der Waals surface area contributed by atoms with Gasteiger partial charge < -0.3 is 0 Å². The molecule has 1 heterocycles. The smallest absolute Gasteiger partial charge is 0.220 e. The van der Waals surface area contributed by atoms with Crippen LogP contribution in [0.2, 0.25) is 0 Å². The van der Waals surface area contributed by atoms with Gasteiger partial charge in [0.05, 0.1) is 6.20 Å². The number of nitriles is 1. The van der Waals surface area contributed by atoms with E-state index in [9.17, 15) is 4.79 Å². The molecule has 0 aromatic carbocycles. The number of imidazole rings is 1. The molecule has 0 radical (unpaired) electrons. The third-order valence-electron chi connectivity index (χ3n) is 0.894. The zero-order valence-electron chi connectivity index (χ0n) is 6.48. The van der Waals surface area contributed by atoms with E-state index in [2.05, 4.69) is 4.98 Å². The van der Waals surface area contributed by atoms with E-state index >= 15 is 0 Å². The van der Waals surface area contributed by atoms with Crippen molar-refractivity contribution in [2.24, 2.45) is 0 Å². The Kier molecular flexibility index (Phi) is 4.41. The first-order valence-electron chi connectivity index (χ1n) is 3.25. The highest BCUT2D eigenvalue weighted by molar-refractivity contribution is 5.54. The van der Waals surface area contributed by atoms with Gasteiger partial charge in [-0.05, 0) is 0 Å². The van der Waals surface area contributed by atoms with E-state index in [0.29, 0.717) is 6.41 Å². The molecule has 4 nitrogen and oxygen atoms in total. The van der Waals surface area contributed by atoms with Crippen molar-refractivity contribution < 1.29 is 4.79 Å². The Labute approximate surface area is 65.1 Å². The molecule has 0 fully saturated rings. The van der Waals surface area contributed by atoms with Crippen molar-refractivity contribution in [3.05, 3.63) is 18.2 Å². The van der Waals surface area contributed by atoms with Crippen LogP contribution < -0.4 is 0 Å². The minimum atomic E-state index is 0.255. The summed E-state index contributed by atoms with van der Waals surface area (Å²) in [5, 5.41) is 8.27. The van der Waals surface area contributed by atoms with E-state index in [1.165, 1.54) is 12.5 Å². The lowest BCUT2D eigenvalue weighted by atomic mass is 10.5. The van der Waals surface area contributed by atoms with Crippen LogP contribution in [0.1, 0.15) is 19.5 Å². The van der Waals surface area contributed by atoms with E-state index in [1.807, 2.05) is 13.8 Å². The molecule has 0 aliphatic heterocycles. The highest BCUT2D eigenvalue weighted by Crippen LogP contribution is 1.90. The van der Waals surface area contributed by atoms with Gasteiger partial charge in [-0.15, -0.1) is 0 Å². The summed E-state index contributed by atoms with van der Waals surface area (Å²) in [6.07, 6.45) is 3.14. The fraction of sp³-hybridized carbons (Fsp3) is 0.286. The van der Waals surface area contributed by atoms with Crippen LogP contribution in [0, 0.1) is 11.3 Å². The van der Waals surface area contributed by atoms with Crippen LogP contribution in [0.4, 0.5) is 0 Å². The number of aromatic nitrogens is 2. The number of hydrogen-bond acceptors (Lipinski definition) is 3. The number of carbonyl (C=O) groups excluding carboxylic acids is 1. The minimum Gasteiger partial charge on any atom is -0.278 e. The molecule has 0 aliphatic rings. The molecule has 0 saturated carbocycles. The average Bonchev–Trinajstić information content (AvgIpc) is 2.54. The summed E-state index contributed by atoms with van der Waals surface area (Å²) in [5.41, 5.74) is 0.255. The summed E-state index contributed by atoms with van der Waals surface area (Å²) in [6.45, 7) is 4.00. The van der Waals surface area contributed by atoms with Gasteiger partial charge in [-0.1, -0.05) is 13.8 Å². The predicted molar refractivity (Wildman–Crippen MR) is 40.4 cm³/mol. The van der Waals surface area contributed by atoms with Gasteiger partial charge in [0.2, 0.25) is 6.41 Å². The molecule has 0 amide bonds. The van der Waals surface area contributed by atoms with Gasteiger partial charge in [0.25, 0.3) is 0 Å². The molecule has 4 heteroatoms. The summed E-state index contributed by atoms with van der Waals surface area (Å²) in [4.78, 5) is 13.6. The Morgan fingerprint density at radius 2 is 2.36 bits per heavy atom. The lowest BCUT2D eigenvalue weighted by Gasteiger charge is -1.83. The molecule has 0 N–H and O–H groups in total. The van der Waals surface area contributed by atoms with Crippen molar-refractivity contribution >= 4 is 6.41 Å². The SMILES string of the molecule is CC.N#Cc1cncn1C=O. The highest BCUT2D eigenvalue weighted by Gasteiger charge is 1.95. The second-order valence-corrected chi connectivity index (χ2v) is 1.40. The first kappa shape index (κ1) is 9.37. The van der Waals surface area contributed by atoms with Crippen LogP contribution >= 0.6 is 0 Å². The van der Waals surface area contributed by atoms with Crippen LogP contribution in [0.3, 0.4) is 0 Å². The van der Waals surface area contributed by atoms with Crippen LogP contribution in [0.5, 0.6) is 0 Å². The lowest BCUT2D eigenvalue weighted by Crippen LogP contribution is -1.94. The molecule has 0 atom stereocenters. The van der Waals surface area contributed by atoms with E-state index in [4.69, 9.17) is 5.26 Å². The molecule has 58 valence electrons. The van der Waals surface area contributed by atoms with E-state index in [-0.39, 0.29) is 5.69 Å². The van der Waals surface area contributed by atoms with Crippen LogP contribution in [0.25, 0.3) is 0 Å². The Morgan fingerprint density at radius 1 is 1.73 bits per heavy atom. The summed E-state index contributed by atoms with van der Waals surface area (Å²) < 4.78 is 1.11.